The lowest BCUT2D eigenvalue weighted by atomic mass is 10.2. The number of nitrogens with zero attached hydrogens (tertiary/aromatic N) is 3. The predicted molar refractivity (Wildman–Crippen MR) is 115 cm³/mol. The number of para-hydroxylation sites is 1. The molecule has 4 rings (SSSR count). The standard InChI is InChI=1S/C23H24N4O2/c1-17(29-21-6-2-5-18-7-12-22(24)26-23(18)21)4-3-15-28-20-10-8-19(9-11-20)27-14-13-25-16-27/h2,5-14,16-17H,3-4,15H2,1H3,(H2,24,26). The third-order valence-electron chi connectivity index (χ3n) is 4.70. The number of ether oxygens (including phenoxy) is 2. The lowest BCUT2D eigenvalue weighted by molar-refractivity contribution is 0.195. The second-order valence-electron chi connectivity index (χ2n) is 6.95. The van der Waals surface area contributed by atoms with Gasteiger partial charge in [0.25, 0.3) is 0 Å². The van der Waals surface area contributed by atoms with Crippen molar-refractivity contribution in [3.05, 3.63) is 73.3 Å². The summed E-state index contributed by atoms with van der Waals surface area (Å²) in [6.45, 7) is 2.70. The molecule has 0 aliphatic rings. The molecule has 29 heavy (non-hydrogen) atoms. The third kappa shape index (κ3) is 4.66. The molecule has 6 heteroatoms. The Balaban J connectivity index is 1.26. The van der Waals surface area contributed by atoms with Gasteiger partial charge in [0, 0.05) is 23.5 Å². The molecule has 0 aliphatic carbocycles. The van der Waals surface area contributed by atoms with E-state index in [0.29, 0.717) is 12.4 Å². The molecule has 0 amide bonds. The highest BCUT2D eigenvalue weighted by molar-refractivity contribution is 5.85. The first-order valence-corrected chi connectivity index (χ1v) is 9.72. The summed E-state index contributed by atoms with van der Waals surface area (Å²) in [6.07, 6.45) is 7.28. The molecule has 0 aliphatic heterocycles. The van der Waals surface area contributed by atoms with Gasteiger partial charge in [0.2, 0.25) is 0 Å². The number of rotatable bonds is 8. The molecular weight excluding hydrogens is 364 g/mol. The molecule has 0 radical (unpaired) electrons. The van der Waals surface area contributed by atoms with Crippen LogP contribution in [0.25, 0.3) is 16.6 Å². The molecule has 2 N–H and O–H groups in total. The normalized spacial score (nSPS) is 12.0. The highest BCUT2D eigenvalue weighted by Gasteiger charge is 2.09. The first-order valence-electron chi connectivity index (χ1n) is 9.72. The average Bonchev–Trinajstić information content (AvgIpc) is 3.27. The molecule has 2 aromatic carbocycles. The Morgan fingerprint density at radius 2 is 1.93 bits per heavy atom. The van der Waals surface area contributed by atoms with Crippen molar-refractivity contribution in [1.82, 2.24) is 14.5 Å². The fraction of sp³-hybridized carbons (Fsp3) is 0.217. The van der Waals surface area contributed by atoms with Crippen LogP contribution in [0.1, 0.15) is 19.8 Å². The van der Waals surface area contributed by atoms with E-state index in [0.717, 1.165) is 40.9 Å². The van der Waals surface area contributed by atoms with Crippen LogP contribution in [0.15, 0.2) is 73.3 Å². The minimum atomic E-state index is 0.0519. The zero-order valence-corrected chi connectivity index (χ0v) is 16.4. The van der Waals surface area contributed by atoms with E-state index in [2.05, 4.69) is 16.9 Å². The Hall–Kier alpha value is -3.54. The van der Waals surface area contributed by atoms with Crippen molar-refractivity contribution >= 4 is 16.7 Å². The molecule has 1 unspecified atom stereocenters. The molecule has 0 saturated heterocycles. The minimum Gasteiger partial charge on any atom is -0.494 e. The van der Waals surface area contributed by atoms with Crippen LogP contribution in [0.5, 0.6) is 11.5 Å². The van der Waals surface area contributed by atoms with E-state index in [1.807, 2.05) is 59.3 Å². The van der Waals surface area contributed by atoms with Crippen LogP contribution in [-0.2, 0) is 0 Å². The van der Waals surface area contributed by atoms with Gasteiger partial charge in [-0.25, -0.2) is 9.97 Å². The number of fused-ring (bicyclic) bond motifs is 1. The molecule has 0 spiro atoms. The Labute approximate surface area is 169 Å². The van der Waals surface area contributed by atoms with Gasteiger partial charge in [0.15, 0.2) is 0 Å². The summed E-state index contributed by atoms with van der Waals surface area (Å²) in [5.74, 6) is 2.11. The van der Waals surface area contributed by atoms with Crippen LogP contribution in [0.2, 0.25) is 0 Å². The lowest BCUT2D eigenvalue weighted by Crippen LogP contribution is -2.13. The molecule has 0 fully saturated rings. The molecule has 2 heterocycles. The van der Waals surface area contributed by atoms with Gasteiger partial charge in [-0.2, -0.15) is 0 Å². The monoisotopic (exact) mass is 388 g/mol. The fourth-order valence-electron chi connectivity index (χ4n) is 3.19. The number of benzene rings is 2. The number of aromatic nitrogens is 3. The minimum absolute atomic E-state index is 0.0519. The number of anilines is 1. The number of imidazole rings is 1. The summed E-state index contributed by atoms with van der Waals surface area (Å²) in [5, 5.41) is 1.02. The van der Waals surface area contributed by atoms with E-state index in [1.54, 1.807) is 18.6 Å². The molecule has 1 atom stereocenters. The first-order chi connectivity index (χ1) is 14.2. The average molecular weight is 388 g/mol. The van der Waals surface area contributed by atoms with Crippen molar-refractivity contribution in [3.63, 3.8) is 0 Å². The van der Waals surface area contributed by atoms with Gasteiger partial charge >= 0.3 is 0 Å². The molecule has 148 valence electrons. The van der Waals surface area contributed by atoms with E-state index in [1.165, 1.54) is 0 Å². The Morgan fingerprint density at radius 1 is 1.07 bits per heavy atom. The highest BCUT2D eigenvalue weighted by atomic mass is 16.5. The van der Waals surface area contributed by atoms with Crippen molar-refractivity contribution < 1.29 is 9.47 Å². The molecule has 0 saturated carbocycles. The fourth-order valence-corrected chi connectivity index (χ4v) is 3.19. The van der Waals surface area contributed by atoms with Crippen LogP contribution in [0.4, 0.5) is 5.82 Å². The molecule has 4 aromatic rings. The van der Waals surface area contributed by atoms with E-state index >= 15 is 0 Å². The molecule has 6 nitrogen and oxygen atoms in total. The zero-order valence-electron chi connectivity index (χ0n) is 16.4. The highest BCUT2D eigenvalue weighted by Crippen LogP contribution is 2.26. The zero-order chi connectivity index (χ0) is 20.1. The summed E-state index contributed by atoms with van der Waals surface area (Å²) < 4.78 is 13.9. The van der Waals surface area contributed by atoms with Crippen molar-refractivity contribution in [1.29, 1.82) is 0 Å². The predicted octanol–water partition coefficient (Wildman–Crippen LogP) is 4.63. The van der Waals surface area contributed by atoms with E-state index in [-0.39, 0.29) is 6.10 Å². The maximum Gasteiger partial charge on any atom is 0.146 e. The number of nitrogen functional groups attached to an aromatic ring is 1. The number of hydrogen-bond acceptors (Lipinski definition) is 5. The van der Waals surface area contributed by atoms with Crippen molar-refractivity contribution in [3.8, 4) is 17.2 Å². The Morgan fingerprint density at radius 3 is 2.72 bits per heavy atom. The lowest BCUT2D eigenvalue weighted by Gasteiger charge is -2.16. The van der Waals surface area contributed by atoms with Gasteiger partial charge < -0.3 is 19.8 Å². The van der Waals surface area contributed by atoms with Crippen molar-refractivity contribution in [2.24, 2.45) is 0 Å². The van der Waals surface area contributed by atoms with Gasteiger partial charge in [-0.05, 0) is 62.2 Å². The van der Waals surface area contributed by atoms with E-state index < -0.39 is 0 Å². The topological polar surface area (TPSA) is 75.2 Å². The summed E-state index contributed by atoms with van der Waals surface area (Å²) in [5.41, 5.74) is 7.68. The van der Waals surface area contributed by atoms with Crippen molar-refractivity contribution in [2.45, 2.75) is 25.9 Å². The van der Waals surface area contributed by atoms with E-state index in [4.69, 9.17) is 15.2 Å². The third-order valence-corrected chi connectivity index (χ3v) is 4.70. The first kappa shape index (κ1) is 18.8. The number of nitrogens with two attached hydrogens (primary N) is 1. The van der Waals surface area contributed by atoms with Crippen LogP contribution in [0.3, 0.4) is 0 Å². The molecule has 0 bridgehead atoms. The van der Waals surface area contributed by atoms with Gasteiger partial charge in [-0.15, -0.1) is 0 Å². The van der Waals surface area contributed by atoms with Crippen LogP contribution < -0.4 is 15.2 Å². The second kappa shape index (κ2) is 8.65. The maximum absolute atomic E-state index is 6.11. The Bertz CT molecular complexity index is 1060. The second-order valence-corrected chi connectivity index (χ2v) is 6.95. The van der Waals surface area contributed by atoms with Gasteiger partial charge in [-0.3, -0.25) is 0 Å². The van der Waals surface area contributed by atoms with Gasteiger partial charge in [0.1, 0.15) is 22.8 Å². The number of hydrogen-bond donors (Lipinski definition) is 1. The Kier molecular flexibility index (Phi) is 5.61. The summed E-state index contributed by atoms with van der Waals surface area (Å²) >= 11 is 0. The van der Waals surface area contributed by atoms with Gasteiger partial charge in [-0.1, -0.05) is 12.1 Å². The largest absolute Gasteiger partial charge is 0.494 e. The SMILES string of the molecule is CC(CCCOc1ccc(-n2ccnc2)cc1)Oc1cccc2ccc(N)nc12. The summed E-state index contributed by atoms with van der Waals surface area (Å²) in [7, 11) is 0. The summed E-state index contributed by atoms with van der Waals surface area (Å²) in [6, 6.07) is 17.6. The molecule has 2 aromatic heterocycles. The maximum atomic E-state index is 6.11. The van der Waals surface area contributed by atoms with Crippen LogP contribution >= 0.6 is 0 Å². The van der Waals surface area contributed by atoms with E-state index in [9.17, 15) is 0 Å². The van der Waals surface area contributed by atoms with Gasteiger partial charge in [0.05, 0.1) is 19.0 Å². The summed E-state index contributed by atoms with van der Waals surface area (Å²) in [4.78, 5) is 8.47. The number of pyridine rings is 1. The quantitative estimate of drug-likeness (QED) is 0.446. The smallest absolute Gasteiger partial charge is 0.146 e. The van der Waals surface area contributed by atoms with Crippen LogP contribution in [-0.4, -0.2) is 27.2 Å². The molecular formula is C23H24N4O2. The van der Waals surface area contributed by atoms with Crippen LogP contribution in [0, 0.1) is 0 Å². The van der Waals surface area contributed by atoms with Crippen molar-refractivity contribution in [2.75, 3.05) is 12.3 Å².